The number of ether oxygens (including phenoxy) is 2. The van der Waals surface area contributed by atoms with E-state index in [-0.39, 0.29) is 12.8 Å². The maximum absolute atomic E-state index is 13.0. The summed E-state index contributed by atoms with van der Waals surface area (Å²) in [6.45, 7) is 2.76. The number of carbonyl (C=O) groups excluding carboxylic acids is 2. The summed E-state index contributed by atoms with van der Waals surface area (Å²) in [4.78, 5) is 54.3. The van der Waals surface area contributed by atoms with Crippen molar-refractivity contribution in [2.24, 2.45) is 0 Å². The van der Waals surface area contributed by atoms with Gasteiger partial charge in [-0.25, -0.2) is 9.13 Å². The third-order valence-electron chi connectivity index (χ3n) is 10.2. The summed E-state index contributed by atoms with van der Waals surface area (Å²) in [5.41, 5.74) is 0. The number of aliphatic hydroxyl groups is 5. The Balaban J connectivity index is 2.67. The van der Waals surface area contributed by atoms with E-state index in [0.29, 0.717) is 25.7 Å². The fraction of sp³-hybridized carbons (Fsp3) is 0.633. The summed E-state index contributed by atoms with van der Waals surface area (Å²) in [5.74, 6) is -1.33. The molecule has 17 nitrogen and oxygen atoms in total. The van der Waals surface area contributed by atoms with Gasteiger partial charge >= 0.3 is 27.6 Å². The van der Waals surface area contributed by atoms with Crippen LogP contribution in [0.2, 0.25) is 0 Å². The fourth-order valence-corrected chi connectivity index (χ4v) is 8.04. The van der Waals surface area contributed by atoms with E-state index in [1.54, 1.807) is 0 Å². The molecule has 9 atom stereocenters. The van der Waals surface area contributed by atoms with Crippen LogP contribution < -0.4 is 0 Å². The van der Waals surface area contributed by atoms with Gasteiger partial charge in [0.2, 0.25) is 0 Å². The zero-order valence-electron chi connectivity index (χ0n) is 39.9. The molecule has 0 aromatic heterocycles. The third-order valence-corrected chi connectivity index (χ3v) is 11.7. The van der Waals surface area contributed by atoms with Crippen molar-refractivity contribution in [3.8, 4) is 0 Å². The number of unbranched alkanes of at least 4 members (excludes halogenated alkanes) is 6. The molecular weight excluding hydrogens is 922 g/mol. The van der Waals surface area contributed by atoms with E-state index in [2.05, 4.69) is 67.0 Å². The highest BCUT2D eigenvalue weighted by Crippen LogP contribution is 2.49. The summed E-state index contributed by atoms with van der Waals surface area (Å²) >= 11 is 0. The van der Waals surface area contributed by atoms with E-state index < -0.39 is 89.6 Å². The first kappa shape index (κ1) is 62.9. The Morgan fingerprint density at radius 1 is 0.544 bits per heavy atom. The number of hydrogen-bond donors (Lipinski definition) is 8. The minimum Gasteiger partial charge on any atom is -0.462 e. The van der Waals surface area contributed by atoms with Crippen molar-refractivity contribution in [2.75, 3.05) is 13.2 Å². The van der Waals surface area contributed by atoms with Gasteiger partial charge in [-0.15, -0.1) is 0 Å². The lowest BCUT2D eigenvalue weighted by Crippen LogP contribution is -2.64. The topological polar surface area (TPSA) is 276 Å². The molecule has 1 aliphatic rings. The number of phosphoric ester groups is 2. The minimum absolute atomic E-state index is 0.0602. The predicted octanol–water partition coefficient (Wildman–Crippen LogP) is 8.14. The minimum atomic E-state index is -5.38. The van der Waals surface area contributed by atoms with E-state index in [1.165, 1.54) is 0 Å². The lowest BCUT2D eigenvalue weighted by Gasteiger charge is -2.43. The first-order valence-electron chi connectivity index (χ1n) is 23.9. The standard InChI is InChI=1S/C49H80O17P2/c1-3-5-7-8-9-10-11-12-13-14-15-16-20-23-26-29-32-36-42(51)62-38-41(39-63-68(60,61)66-49-46(55)44(53)45(54)48(47(49)56)65-67(57,58)59)64-43(52)37-33-30-27-24-21-18-17-19-22-25-28-31-35-40(50)34-6-4-2/h5,7,9-10,12-13,15-18,22,24-25,27,31,35,40-41,44-50,53-56H,3-4,6,8,11,14,19-21,23,26,28-30,32-34,36-39H2,1-2H3,(H,60,61)(H2,57,58,59)/b7-5-,10-9-,13-12-,16-15-,18-17-,25-22-,27-24-,35-31-/t40-,41-,44?,45?,46?,47?,48-,49+/m1/s1. The highest BCUT2D eigenvalue weighted by molar-refractivity contribution is 7.47. The zero-order valence-corrected chi connectivity index (χ0v) is 41.6. The summed E-state index contributed by atoms with van der Waals surface area (Å²) in [7, 11) is -10.7. The number of hydrogen-bond acceptors (Lipinski definition) is 14. The Bertz CT molecular complexity index is 1700. The molecule has 388 valence electrons. The SMILES string of the molecule is CC/C=C\C/C=C\C/C=C\C/C=C\CCCCCCC(=O)OC[C@H](COP(=O)(O)O[C@H]1C(O)C(O)C(O)[C@@H](OP(=O)(O)O)C1O)OC(=O)CCC/C=C\C/C=C\C/C=C\C/C=C\[C@H](O)CCCC. The molecule has 0 aromatic rings. The molecule has 0 heterocycles. The van der Waals surface area contributed by atoms with Gasteiger partial charge in [0.15, 0.2) is 6.10 Å². The molecule has 0 aliphatic heterocycles. The Kier molecular flexibility index (Phi) is 35.7. The molecule has 1 aliphatic carbocycles. The van der Waals surface area contributed by atoms with E-state index in [4.69, 9.17) is 18.5 Å². The second kappa shape index (κ2) is 38.6. The van der Waals surface area contributed by atoms with E-state index >= 15 is 0 Å². The Morgan fingerprint density at radius 2 is 1.03 bits per heavy atom. The molecule has 1 rings (SSSR count). The fourth-order valence-electron chi connectivity index (χ4n) is 6.50. The molecule has 0 spiro atoms. The van der Waals surface area contributed by atoms with E-state index in [1.807, 2.05) is 48.6 Å². The van der Waals surface area contributed by atoms with Crippen LogP contribution >= 0.6 is 15.6 Å². The molecule has 0 radical (unpaired) electrons. The first-order valence-corrected chi connectivity index (χ1v) is 26.9. The van der Waals surface area contributed by atoms with Gasteiger partial charge in [-0.2, -0.15) is 0 Å². The molecule has 1 fully saturated rings. The van der Waals surface area contributed by atoms with Gasteiger partial charge in [0.1, 0.15) is 43.2 Å². The van der Waals surface area contributed by atoms with Crippen molar-refractivity contribution < 1.29 is 82.0 Å². The smallest absolute Gasteiger partial charge is 0.462 e. The number of esters is 2. The van der Waals surface area contributed by atoms with Crippen LogP contribution in [0.25, 0.3) is 0 Å². The largest absolute Gasteiger partial charge is 0.472 e. The number of rotatable bonds is 38. The van der Waals surface area contributed by atoms with Crippen molar-refractivity contribution >= 4 is 27.6 Å². The monoisotopic (exact) mass is 1000 g/mol. The normalized spacial score (nSPS) is 22.6. The molecule has 0 bridgehead atoms. The second-order valence-corrected chi connectivity index (χ2v) is 18.9. The quantitative estimate of drug-likeness (QED) is 0.0125. The lowest BCUT2D eigenvalue weighted by molar-refractivity contribution is -0.216. The second-order valence-electron chi connectivity index (χ2n) is 16.3. The summed E-state index contributed by atoms with van der Waals surface area (Å²) < 4.78 is 49.3. The molecule has 19 heteroatoms. The van der Waals surface area contributed by atoms with Crippen LogP contribution in [0.4, 0.5) is 0 Å². The van der Waals surface area contributed by atoms with Crippen LogP contribution in [-0.2, 0) is 41.8 Å². The van der Waals surface area contributed by atoms with Gasteiger partial charge < -0.3 is 49.7 Å². The van der Waals surface area contributed by atoms with Crippen LogP contribution in [0.1, 0.15) is 136 Å². The van der Waals surface area contributed by atoms with Gasteiger partial charge in [0, 0.05) is 12.8 Å². The molecule has 5 unspecified atom stereocenters. The van der Waals surface area contributed by atoms with Crippen LogP contribution in [0.5, 0.6) is 0 Å². The maximum Gasteiger partial charge on any atom is 0.472 e. The van der Waals surface area contributed by atoms with Crippen LogP contribution in [0.15, 0.2) is 97.2 Å². The van der Waals surface area contributed by atoms with Gasteiger partial charge in [-0.3, -0.25) is 23.2 Å². The summed E-state index contributed by atoms with van der Waals surface area (Å²) in [6, 6.07) is 0. The zero-order chi connectivity index (χ0) is 50.5. The number of aliphatic hydroxyl groups excluding tert-OH is 5. The molecule has 0 saturated heterocycles. The van der Waals surface area contributed by atoms with Crippen LogP contribution in [0.3, 0.4) is 0 Å². The van der Waals surface area contributed by atoms with Crippen molar-refractivity contribution in [3.05, 3.63) is 97.2 Å². The van der Waals surface area contributed by atoms with E-state index in [9.17, 15) is 58.9 Å². The predicted molar refractivity (Wildman–Crippen MR) is 261 cm³/mol. The van der Waals surface area contributed by atoms with Gasteiger partial charge in [-0.1, -0.05) is 137 Å². The van der Waals surface area contributed by atoms with Crippen molar-refractivity contribution in [2.45, 2.75) is 185 Å². The van der Waals surface area contributed by atoms with Crippen molar-refractivity contribution in [3.63, 3.8) is 0 Å². The van der Waals surface area contributed by atoms with E-state index in [0.717, 1.165) is 83.5 Å². The molecule has 8 N–H and O–H groups in total. The van der Waals surface area contributed by atoms with Crippen molar-refractivity contribution in [1.82, 2.24) is 0 Å². The summed E-state index contributed by atoms with van der Waals surface area (Å²) in [5, 5.41) is 51.1. The average molecular weight is 1000 g/mol. The highest BCUT2D eigenvalue weighted by Gasteiger charge is 2.54. The Hall–Kier alpha value is -3.12. The Morgan fingerprint density at radius 3 is 1.57 bits per heavy atom. The van der Waals surface area contributed by atoms with Crippen LogP contribution in [0, 0.1) is 0 Å². The molecule has 1 saturated carbocycles. The van der Waals surface area contributed by atoms with Gasteiger partial charge in [0.05, 0.1) is 12.7 Å². The van der Waals surface area contributed by atoms with Crippen molar-refractivity contribution in [1.29, 1.82) is 0 Å². The molecule has 0 amide bonds. The first-order chi connectivity index (χ1) is 32.5. The average Bonchev–Trinajstić information content (AvgIpc) is 3.29. The molecule has 68 heavy (non-hydrogen) atoms. The lowest BCUT2D eigenvalue weighted by atomic mass is 9.85. The molecule has 0 aromatic carbocycles. The third kappa shape index (κ3) is 32.6. The molecular formula is C49H80O17P2. The number of carbonyl (C=O) groups is 2. The summed E-state index contributed by atoms with van der Waals surface area (Å²) in [6.07, 6.45) is 31.3. The van der Waals surface area contributed by atoms with Gasteiger partial charge in [0.25, 0.3) is 0 Å². The number of phosphoric acid groups is 2. The maximum atomic E-state index is 13.0. The van der Waals surface area contributed by atoms with Gasteiger partial charge in [-0.05, 0) is 83.5 Å². The van der Waals surface area contributed by atoms with Crippen LogP contribution in [-0.4, -0.2) is 114 Å². The number of allylic oxidation sites excluding steroid dienone is 15. The highest BCUT2D eigenvalue weighted by atomic mass is 31.2. The Labute approximate surface area is 403 Å².